The molecule has 0 aliphatic carbocycles. The zero-order chi connectivity index (χ0) is 14.1. The quantitative estimate of drug-likeness (QED) is 0.750. The predicted molar refractivity (Wildman–Crippen MR) is 83.7 cm³/mol. The number of nitrogens with zero attached hydrogens (tertiary/aromatic N) is 4. The summed E-state index contributed by atoms with van der Waals surface area (Å²) in [6.07, 6.45) is 4.75. The van der Waals surface area contributed by atoms with Gasteiger partial charge in [-0.25, -0.2) is 15.0 Å². The van der Waals surface area contributed by atoms with Gasteiger partial charge in [0.25, 0.3) is 0 Å². The zero-order valence-electron chi connectivity index (χ0n) is 11.5. The molecule has 3 aromatic heterocycles. The lowest BCUT2D eigenvalue weighted by atomic mass is 10.3. The molecule has 0 unspecified atom stereocenters. The van der Waals surface area contributed by atoms with Crippen molar-refractivity contribution < 1.29 is 0 Å². The minimum atomic E-state index is 0.652. The van der Waals surface area contributed by atoms with E-state index >= 15 is 0 Å². The van der Waals surface area contributed by atoms with Gasteiger partial charge in [0.2, 0.25) is 5.95 Å². The Morgan fingerprint density at radius 1 is 1.40 bits per heavy atom. The molecule has 0 bridgehead atoms. The number of rotatable bonds is 4. The Hall–Kier alpha value is -1.60. The van der Waals surface area contributed by atoms with Gasteiger partial charge < -0.3 is 9.88 Å². The maximum atomic E-state index is 4.58. The lowest BCUT2D eigenvalue weighted by molar-refractivity contribution is 0.789. The second kappa shape index (κ2) is 5.41. The maximum Gasteiger partial charge on any atom is 0.224 e. The van der Waals surface area contributed by atoms with E-state index in [1.54, 1.807) is 29.3 Å². The van der Waals surface area contributed by atoms with Crippen molar-refractivity contribution >= 4 is 39.3 Å². The summed E-state index contributed by atoms with van der Waals surface area (Å²) in [4.78, 5) is 15.8. The molecule has 0 aliphatic heterocycles. The van der Waals surface area contributed by atoms with Crippen molar-refractivity contribution in [2.45, 2.75) is 23.5 Å². The third-order valence-corrected chi connectivity index (χ3v) is 5.20. The second-order valence-electron chi connectivity index (χ2n) is 4.31. The van der Waals surface area contributed by atoms with Gasteiger partial charge in [0.05, 0.1) is 0 Å². The molecule has 3 aromatic rings. The van der Waals surface area contributed by atoms with Gasteiger partial charge in [-0.05, 0) is 24.2 Å². The summed E-state index contributed by atoms with van der Waals surface area (Å²) in [5, 5.41) is 6.01. The van der Waals surface area contributed by atoms with E-state index in [9.17, 15) is 0 Å². The topological polar surface area (TPSA) is 55.6 Å². The Kier molecular flexibility index (Phi) is 3.62. The molecule has 0 atom stereocenters. The van der Waals surface area contributed by atoms with Crippen LogP contribution < -0.4 is 5.32 Å². The molecule has 0 aromatic carbocycles. The molecule has 0 saturated heterocycles. The molecule has 1 N–H and O–H groups in total. The molecule has 3 heterocycles. The van der Waals surface area contributed by atoms with Gasteiger partial charge >= 0.3 is 0 Å². The van der Waals surface area contributed by atoms with E-state index in [1.165, 1.54) is 4.88 Å². The molecule has 0 radical (unpaired) electrons. The second-order valence-corrected chi connectivity index (χ2v) is 6.38. The average Bonchev–Trinajstić information content (AvgIpc) is 3.05. The van der Waals surface area contributed by atoms with Gasteiger partial charge in [0, 0.05) is 36.8 Å². The fourth-order valence-corrected chi connectivity index (χ4v) is 3.77. The third kappa shape index (κ3) is 2.38. The summed E-state index contributed by atoms with van der Waals surface area (Å²) in [5.74, 6) is 0.652. The van der Waals surface area contributed by atoms with E-state index in [0.717, 1.165) is 26.8 Å². The highest BCUT2D eigenvalue weighted by molar-refractivity contribution is 7.99. The summed E-state index contributed by atoms with van der Waals surface area (Å²) >= 11 is 3.30. The van der Waals surface area contributed by atoms with E-state index < -0.39 is 0 Å². The number of fused-ring (bicyclic) bond motifs is 1. The lowest BCUT2D eigenvalue weighted by Crippen LogP contribution is -1.98. The molecule has 7 heteroatoms. The third-order valence-electron chi connectivity index (χ3n) is 2.95. The summed E-state index contributed by atoms with van der Waals surface area (Å²) in [7, 11) is 3.82. The highest BCUT2D eigenvalue weighted by Crippen LogP contribution is 2.35. The Morgan fingerprint density at radius 2 is 2.25 bits per heavy atom. The smallest absolute Gasteiger partial charge is 0.224 e. The van der Waals surface area contributed by atoms with Crippen LogP contribution in [0.15, 0.2) is 28.6 Å². The van der Waals surface area contributed by atoms with Crippen LogP contribution in [-0.4, -0.2) is 26.6 Å². The van der Waals surface area contributed by atoms with E-state index in [-0.39, 0.29) is 0 Å². The van der Waals surface area contributed by atoms with Crippen LogP contribution in [0.5, 0.6) is 0 Å². The first-order valence-corrected chi connectivity index (χ1v) is 7.98. The average molecular weight is 305 g/mol. The summed E-state index contributed by atoms with van der Waals surface area (Å²) in [5.41, 5.74) is 0. The number of aromatic nitrogens is 4. The van der Waals surface area contributed by atoms with Gasteiger partial charge in [-0.15, -0.1) is 11.3 Å². The Balaban J connectivity index is 2.12. The van der Waals surface area contributed by atoms with E-state index in [4.69, 9.17) is 0 Å². The minimum Gasteiger partial charge on any atom is -0.357 e. The van der Waals surface area contributed by atoms with Crippen molar-refractivity contribution in [1.29, 1.82) is 0 Å². The van der Waals surface area contributed by atoms with Crippen molar-refractivity contribution in [2.24, 2.45) is 7.05 Å². The normalized spacial score (nSPS) is 11.2. The Labute approximate surface area is 125 Å². The minimum absolute atomic E-state index is 0.652. The molecule has 0 fully saturated rings. The molecule has 0 saturated carbocycles. The van der Waals surface area contributed by atoms with Crippen LogP contribution in [0, 0.1) is 0 Å². The zero-order valence-corrected chi connectivity index (χ0v) is 13.2. The molecule has 3 rings (SSSR count). The van der Waals surface area contributed by atoms with Crippen LogP contribution in [0.4, 0.5) is 5.95 Å². The summed E-state index contributed by atoms with van der Waals surface area (Å²) < 4.78 is 1.99. The van der Waals surface area contributed by atoms with Crippen molar-refractivity contribution in [1.82, 2.24) is 19.5 Å². The van der Waals surface area contributed by atoms with Crippen LogP contribution >= 0.6 is 23.1 Å². The Morgan fingerprint density at radius 3 is 2.90 bits per heavy atom. The standard InChI is InChI=1S/C13H15N5S2/c1-4-8-7-9-10(19-8)16-12(14-2)17-11(9)20-13-15-5-6-18(13)3/h5-7H,4H2,1-3H3,(H,14,16,17). The summed E-state index contributed by atoms with van der Waals surface area (Å²) in [6.45, 7) is 2.16. The fourth-order valence-electron chi connectivity index (χ4n) is 1.85. The first-order valence-electron chi connectivity index (χ1n) is 6.34. The highest BCUT2D eigenvalue weighted by atomic mass is 32.2. The van der Waals surface area contributed by atoms with E-state index in [0.29, 0.717) is 5.95 Å². The van der Waals surface area contributed by atoms with Crippen LogP contribution in [0.2, 0.25) is 0 Å². The number of thiophene rings is 1. The number of hydrogen-bond donors (Lipinski definition) is 1. The molecule has 20 heavy (non-hydrogen) atoms. The van der Waals surface area contributed by atoms with Gasteiger partial charge in [-0.2, -0.15) is 0 Å². The van der Waals surface area contributed by atoms with Crippen LogP contribution in [0.25, 0.3) is 10.2 Å². The molecule has 0 spiro atoms. The highest BCUT2D eigenvalue weighted by Gasteiger charge is 2.13. The van der Waals surface area contributed by atoms with Crippen LogP contribution in [-0.2, 0) is 13.5 Å². The van der Waals surface area contributed by atoms with Crippen LogP contribution in [0.3, 0.4) is 0 Å². The van der Waals surface area contributed by atoms with Crippen molar-refractivity contribution in [3.05, 3.63) is 23.3 Å². The molecule has 5 nitrogen and oxygen atoms in total. The molecule has 0 aliphatic rings. The molecule has 104 valence electrons. The van der Waals surface area contributed by atoms with E-state index in [2.05, 4.69) is 33.3 Å². The number of anilines is 1. The lowest BCUT2D eigenvalue weighted by Gasteiger charge is -2.05. The molecule has 0 amide bonds. The Bertz CT molecular complexity index is 746. The van der Waals surface area contributed by atoms with Gasteiger partial charge in [-0.3, -0.25) is 0 Å². The number of nitrogens with one attached hydrogen (secondary N) is 1. The monoisotopic (exact) mass is 305 g/mol. The molecular formula is C13H15N5S2. The number of aryl methyl sites for hydroxylation is 2. The number of hydrogen-bond acceptors (Lipinski definition) is 6. The van der Waals surface area contributed by atoms with Crippen molar-refractivity contribution in [2.75, 3.05) is 12.4 Å². The maximum absolute atomic E-state index is 4.58. The number of imidazole rings is 1. The van der Waals surface area contributed by atoms with Gasteiger partial charge in [-0.1, -0.05) is 6.92 Å². The predicted octanol–water partition coefficient (Wildman–Crippen LogP) is 3.18. The molecular weight excluding hydrogens is 290 g/mol. The largest absolute Gasteiger partial charge is 0.357 e. The van der Waals surface area contributed by atoms with Crippen molar-refractivity contribution in [3.63, 3.8) is 0 Å². The van der Waals surface area contributed by atoms with E-state index in [1.807, 2.05) is 24.9 Å². The van der Waals surface area contributed by atoms with Crippen LogP contribution in [0.1, 0.15) is 11.8 Å². The van der Waals surface area contributed by atoms with Gasteiger partial charge in [0.15, 0.2) is 5.16 Å². The first kappa shape index (κ1) is 13.4. The fraction of sp³-hybridized carbons (Fsp3) is 0.308. The SMILES string of the molecule is CCc1cc2c(Sc3nccn3C)nc(NC)nc2s1. The first-order chi connectivity index (χ1) is 9.71. The van der Waals surface area contributed by atoms with Crippen molar-refractivity contribution in [3.8, 4) is 0 Å². The van der Waals surface area contributed by atoms with Gasteiger partial charge in [0.1, 0.15) is 9.86 Å². The summed E-state index contributed by atoms with van der Waals surface area (Å²) in [6, 6.07) is 2.19.